The Hall–Kier alpha value is -3.53. The van der Waals surface area contributed by atoms with Crippen LogP contribution in [0, 0.1) is 0 Å². The van der Waals surface area contributed by atoms with E-state index >= 15 is 0 Å². The average Bonchev–Trinajstić information content (AvgIpc) is 2.82. The fourth-order valence-corrected chi connectivity index (χ4v) is 4.00. The monoisotopic (exact) mass is 412 g/mol. The molecule has 0 N–H and O–H groups in total. The Bertz CT molecular complexity index is 1040. The van der Waals surface area contributed by atoms with Crippen LogP contribution in [0.25, 0.3) is 6.08 Å². The van der Waals surface area contributed by atoms with Gasteiger partial charge in [-0.05, 0) is 55.3 Å². The lowest BCUT2D eigenvalue weighted by atomic mass is 10.1. The third-order valence-corrected chi connectivity index (χ3v) is 5.61. The van der Waals surface area contributed by atoms with Crippen LogP contribution in [0.1, 0.15) is 25.0 Å². The van der Waals surface area contributed by atoms with Crippen LogP contribution < -0.4 is 14.5 Å². The summed E-state index contributed by atoms with van der Waals surface area (Å²) >= 11 is 0. The van der Waals surface area contributed by atoms with Gasteiger partial charge in [0.15, 0.2) is 0 Å². The molecule has 1 amide bonds. The van der Waals surface area contributed by atoms with Gasteiger partial charge >= 0.3 is 0 Å². The first-order valence-electron chi connectivity index (χ1n) is 10.8. The summed E-state index contributed by atoms with van der Waals surface area (Å²) in [5.74, 6) is 0.810. The number of anilines is 2. The SMILES string of the molecule is CCN1c2ccccc2N(C(=O)/C=C/c2ccc(OCc3ccccc3)cc2)CC1C. The Balaban J connectivity index is 1.42. The van der Waals surface area contributed by atoms with Crippen LogP contribution in [0.2, 0.25) is 0 Å². The smallest absolute Gasteiger partial charge is 0.251 e. The van der Waals surface area contributed by atoms with Gasteiger partial charge in [-0.25, -0.2) is 0 Å². The summed E-state index contributed by atoms with van der Waals surface area (Å²) in [6.07, 6.45) is 3.52. The van der Waals surface area contributed by atoms with Crippen molar-refractivity contribution in [3.05, 3.63) is 96.1 Å². The molecule has 0 aliphatic carbocycles. The van der Waals surface area contributed by atoms with Crippen molar-refractivity contribution in [3.63, 3.8) is 0 Å². The van der Waals surface area contributed by atoms with Gasteiger partial charge in [0.1, 0.15) is 12.4 Å². The highest BCUT2D eigenvalue weighted by Crippen LogP contribution is 2.35. The summed E-state index contributed by atoms with van der Waals surface area (Å²) in [4.78, 5) is 17.2. The van der Waals surface area contributed by atoms with E-state index < -0.39 is 0 Å². The third kappa shape index (κ3) is 4.80. The van der Waals surface area contributed by atoms with E-state index in [1.165, 1.54) is 0 Å². The van der Waals surface area contributed by atoms with Crippen LogP contribution in [0.4, 0.5) is 11.4 Å². The predicted molar refractivity (Wildman–Crippen MR) is 128 cm³/mol. The van der Waals surface area contributed by atoms with Gasteiger partial charge in [0.05, 0.1) is 11.4 Å². The molecule has 4 heteroatoms. The summed E-state index contributed by atoms with van der Waals surface area (Å²) < 4.78 is 5.84. The van der Waals surface area contributed by atoms with Crippen molar-refractivity contribution >= 4 is 23.4 Å². The first-order chi connectivity index (χ1) is 15.2. The van der Waals surface area contributed by atoms with Crippen LogP contribution in [0.5, 0.6) is 5.75 Å². The number of para-hydroxylation sites is 2. The van der Waals surface area contributed by atoms with Gasteiger partial charge < -0.3 is 14.5 Å². The first-order valence-corrected chi connectivity index (χ1v) is 10.8. The molecule has 4 rings (SSSR count). The molecule has 31 heavy (non-hydrogen) atoms. The lowest BCUT2D eigenvalue weighted by Crippen LogP contribution is -2.49. The van der Waals surface area contributed by atoms with Crippen LogP contribution >= 0.6 is 0 Å². The minimum absolute atomic E-state index is 0.000503. The summed E-state index contributed by atoms with van der Waals surface area (Å²) in [6, 6.07) is 26.3. The van der Waals surface area contributed by atoms with E-state index in [0.29, 0.717) is 13.2 Å². The fourth-order valence-electron chi connectivity index (χ4n) is 4.00. The van der Waals surface area contributed by atoms with Crippen LogP contribution in [-0.4, -0.2) is 25.0 Å². The standard InChI is InChI=1S/C27H28N2O2/c1-3-28-21(2)19-29(26-12-8-7-11-25(26)28)27(30)18-15-22-13-16-24(17-14-22)31-20-23-9-5-4-6-10-23/h4-18,21H,3,19-20H2,1-2H3/b18-15+. The number of amides is 1. The topological polar surface area (TPSA) is 32.8 Å². The maximum atomic E-state index is 13.0. The number of hydrogen-bond acceptors (Lipinski definition) is 3. The van der Waals surface area contributed by atoms with Crippen molar-refractivity contribution in [3.8, 4) is 5.75 Å². The largest absolute Gasteiger partial charge is 0.489 e. The molecule has 0 saturated heterocycles. The van der Waals surface area contributed by atoms with Crippen molar-refractivity contribution in [1.82, 2.24) is 0 Å². The molecule has 1 heterocycles. The van der Waals surface area contributed by atoms with Gasteiger partial charge in [0, 0.05) is 25.2 Å². The Morgan fingerprint density at radius 3 is 2.35 bits per heavy atom. The molecule has 0 bridgehead atoms. The number of fused-ring (bicyclic) bond motifs is 1. The molecule has 1 unspecified atom stereocenters. The zero-order valence-corrected chi connectivity index (χ0v) is 18.1. The minimum atomic E-state index is -0.000503. The molecule has 0 aromatic heterocycles. The Kier molecular flexibility index (Phi) is 6.37. The van der Waals surface area contributed by atoms with E-state index in [0.717, 1.165) is 34.8 Å². The maximum Gasteiger partial charge on any atom is 0.251 e. The van der Waals surface area contributed by atoms with Gasteiger partial charge in [0.25, 0.3) is 5.91 Å². The Labute approximate surface area is 184 Å². The molecule has 0 fully saturated rings. The first kappa shape index (κ1) is 20.7. The molecular weight excluding hydrogens is 384 g/mol. The van der Waals surface area contributed by atoms with E-state index in [2.05, 4.69) is 24.8 Å². The van der Waals surface area contributed by atoms with Gasteiger partial charge in [-0.3, -0.25) is 4.79 Å². The van der Waals surface area contributed by atoms with E-state index in [1.807, 2.05) is 83.8 Å². The summed E-state index contributed by atoms with van der Waals surface area (Å²) in [5.41, 5.74) is 4.19. The number of carbonyl (C=O) groups excluding carboxylic acids is 1. The number of ether oxygens (including phenoxy) is 1. The lowest BCUT2D eigenvalue weighted by Gasteiger charge is -2.41. The van der Waals surface area contributed by atoms with Crippen molar-refractivity contribution in [2.75, 3.05) is 22.9 Å². The molecule has 0 saturated carbocycles. The summed E-state index contributed by atoms with van der Waals surface area (Å²) in [5, 5.41) is 0. The highest BCUT2D eigenvalue weighted by Gasteiger charge is 2.29. The molecule has 158 valence electrons. The zero-order valence-electron chi connectivity index (χ0n) is 18.1. The molecule has 3 aromatic rings. The molecule has 1 aliphatic rings. The van der Waals surface area contributed by atoms with Crippen LogP contribution in [0.3, 0.4) is 0 Å². The third-order valence-electron chi connectivity index (χ3n) is 5.61. The van der Waals surface area contributed by atoms with Gasteiger partial charge in [-0.1, -0.05) is 54.6 Å². The highest BCUT2D eigenvalue weighted by atomic mass is 16.5. The van der Waals surface area contributed by atoms with Crippen molar-refractivity contribution in [2.24, 2.45) is 0 Å². The van der Waals surface area contributed by atoms with E-state index in [-0.39, 0.29) is 11.9 Å². The van der Waals surface area contributed by atoms with Gasteiger partial charge in [-0.15, -0.1) is 0 Å². The molecule has 1 atom stereocenters. The number of hydrogen-bond donors (Lipinski definition) is 0. The average molecular weight is 413 g/mol. The van der Waals surface area contributed by atoms with Gasteiger partial charge in [0.2, 0.25) is 0 Å². The Morgan fingerprint density at radius 1 is 0.968 bits per heavy atom. The zero-order chi connectivity index (χ0) is 21.6. The second-order valence-corrected chi connectivity index (χ2v) is 7.75. The lowest BCUT2D eigenvalue weighted by molar-refractivity contribution is -0.114. The molecule has 3 aromatic carbocycles. The number of benzene rings is 3. The predicted octanol–water partition coefficient (Wildman–Crippen LogP) is 5.54. The van der Waals surface area contributed by atoms with Crippen molar-refractivity contribution in [2.45, 2.75) is 26.5 Å². The Morgan fingerprint density at radius 2 is 1.65 bits per heavy atom. The second kappa shape index (κ2) is 9.52. The maximum absolute atomic E-state index is 13.0. The minimum Gasteiger partial charge on any atom is -0.489 e. The van der Waals surface area contributed by atoms with Crippen LogP contribution in [-0.2, 0) is 11.4 Å². The number of rotatable bonds is 6. The molecule has 0 radical (unpaired) electrons. The molecule has 1 aliphatic heterocycles. The number of likely N-dealkylation sites (N-methyl/N-ethyl adjacent to an activating group) is 1. The highest BCUT2D eigenvalue weighted by molar-refractivity contribution is 6.06. The number of carbonyl (C=O) groups is 1. The van der Waals surface area contributed by atoms with Crippen LogP contribution in [0.15, 0.2) is 84.9 Å². The number of nitrogens with zero attached hydrogens (tertiary/aromatic N) is 2. The van der Waals surface area contributed by atoms with Gasteiger partial charge in [-0.2, -0.15) is 0 Å². The van der Waals surface area contributed by atoms with E-state index in [1.54, 1.807) is 6.08 Å². The fraction of sp³-hybridized carbons (Fsp3) is 0.222. The normalized spacial score (nSPS) is 15.7. The van der Waals surface area contributed by atoms with Crippen molar-refractivity contribution < 1.29 is 9.53 Å². The van der Waals surface area contributed by atoms with E-state index in [9.17, 15) is 4.79 Å². The molecular formula is C27H28N2O2. The summed E-state index contributed by atoms with van der Waals surface area (Å²) in [7, 11) is 0. The van der Waals surface area contributed by atoms with E-state index in [4.69, 9.17) is 4.74 Å². The molecule has 0 spiro atoms. The summed E-state index contributed by atoms with van der Waals surface area (Å²) in [6.45, 7) is 6.46. The molecule has 4 nitrogen and oxygen atoms in total. The second-order valence-electron chi connectivity index (χ2n) is 7.75. The quantitative estimate of drug-likeness (QED) is 0.498. The van der Waals surface area contributed by atoms with Crippen molar-refractivity contribution in [1.29, 1.82) is 0 Å².